The molecule has 0 aliphatic carbocycles. The second-order valence-corrected chi connectivity index (χ2v) is 5.42. The van der Waals surface area contributed by atoms with Crippen LogP contribution in [0.5, 0.6) is 0 Å². The SMILES string of the molecule is O=S1(=O)CCC(F)(F)c2c1ccc[n+]2O. The molecule has 0 spiro atoms. The highest BCUT2D eigenvalue weighted by molar-refractivity contribution is 7.91. The zero-order valence-corrected chi connectivity index (χ0v) is 8.34. The summed E-state index contributed by atoms with van der Waals surface area (Å²) >= 11 is 0. The Morgan fingerprint density at radius 3 is 2.73 bits per heavy atom. The summed E-state index contributed by atoms with van der Waals surface area (Å²) in [5.74, 6) is -3.91. The molecule has 0 aromatic carbocycles. The third-order valence-corrected chi connectivity index (χ3v) is 4.04. The lowest BCUT2D eigenvalue weighted by atomic mass is 10.1. The van der Waals surface area contributed by atoms with E-state index in [1.165, 1.54) is 6.07 Å². The lowest BCUT2D eigenvalue weighted by molar-refractivity contribution is -0.915. The zero-order chi connectivity index (χ0) is 11.3. The topological polar surface area (TPSA) is 58.2 Å². The molecule has 2 rings (SSSR count). The van der Waals surface area contributed by atoms with Crippen LogP contribution in [0.1, 0.15) is 12.1 Å². The molecule has 1 aliphatic rings. The van der Waals surface area contributed by atoms with Gasteiger partial charge in [-0.25, -0.2) is 8.42 Å². The van der Waals surface area contributed by atoms with E-state index in [2.05, 4.69) is 0 Å². The molecule has 15 heavy (non-hydrogen) atoms. The lowest BCUT2D eigenvalue weighted by Gasteiger charge is -2.19. The van der Waals surface area contributed by atoms with Gasteiger partial charge in [-0.05, 0) is 6.07 Å². The molecule has 1 aromatic rings. The van der Waals surface area contributed by atoms with Crippen molar-refractivity contribution in [3.8, 4) is 0 Å². The molecule has 2 heterocycles. The third kappa shape index (κ3) is 1.46. The summed E-state index contributed by atoms with van der Waals surface area (Å²) < 4.78 is 49.8. The Kier molecular flexibility index (Phi) is 1.97. The van der Waals surface area contributed by atoms with Crippen molar-refractivity contribution in [2.24, 2.45) is 0 Å². The molecule has 4 nitrogen and oxygen atoms in total. The largest absolute Gasteiger partial charge is 0.337 e. The summed E-state index contributed by atoms with van der Waals surface area (Å²) in [5.41, 5.74) is -0.851. The molecule has 0 amide bonds. The molecule has 0 fully saturated rings. The Morgan fingerprint density at radius 2 is 2.13 bits per heavy atom. The van der Waals surface area contributed by atoms with E-state index in [9.17, 15) is 22.4 Å². The van der Waals surface area contributed by atoms with E-state index in [0.29, 0.717) is 0 Å². The number of rotatable bonds is 0. The Morgan fingerprint density at radius 1 is 1.47 bits per heavy atom. The average Bonchev–Trinajstić information content (AvgIpc) is 2.13. The number of pyridine rings is 1. The van der Waals surface area contributed by atoms with Crippen LogP contribution >= 0.6 is 0 Å². The minimum atomic E-state index is -3.70. The number of aromatic nitrogens is 1. The van der Waals surface area contributed by atoms with Crippen molar-refractivity contribution >= 4 is 9.84 Å². The number of alkyl halides is 2. The highest BCUT2D eigenvalue weighted by Crippen LogP contribution is 2.38. The van der Waals surface area contributed by atoms with Crippen molar-refractivity contribution in [3.63, 3.8) is 0 Å². The smallest absolute Gasteiger partial charge is 0.285 e. The summed E-state index contributed by atoms with van der Waals surface area (Å²) in [6.07, 6.45) is 0.181. The zero-order valence-electron chi connectivity index (χ0n) is 7.52. The molecular formula is C8H8F2NO3S+. The first kappa shape index (κ1) is 10.3. The summed E-state index contributed by atoms with van der Waals surface area (Å²) in [6, 6.07) is 2.28. The van der Waals surface area contributed by atoms with Crippen molar-refractivity contribution in [1.82, 2.24) is 0 Å². The van der Waals surface area contributed by atoms with Crippen LogP contribution in [-0.4, -0.2) is 19.4 Å². The van der Waals surface area contributed by atoms with Gasteiger partial charge in [-0.15, -0.1) is 0 Å². The van der Waals surface area contributed by atoms with Gasteiger partial charge in [-0.3, -0.25) is 5.21 Å². The fourth-order valence-electron chi connectivity index (χ4n) is 1.57. The number of fused-ring (bicyclic) bond motifs is 1. The number of nitrogens with zero attached hydrogens (tertiary/aromatic N) is 1. The predicted octanol–water partition coefficient (Wildman–Crippen LogP) is 0.481. The highest BCUT2D eigenvalue weighted by atomic mass is 32.2. The van der Waals surface area contributed by atoms with Crippen molar-refractivity contribution < 1.29 is 27.1 Å². The molecule has 0 radical (unpaired) electrons. The van der Waals surface area contributed by atoms with Crippen molar-refractivity contribution in [1.29, 1.82) is 0 Å². The quantitative estimate of drug-likeness (QED) is 0.526. The number of halogens is 2. The molecule has 0 saturated carbocycles. The van der Waals surface area contributed by atoms with E-state index in [-0.39, 0.29) is 4.73 Å². The van der Waals surface area contributed by atoms with Gasteiger partial charge >= 0.3 is 11.6 Å². The van der Waals surface area contributed by atoms with Crippen LogP contribution in [0.2, 0.25) is 0 Å². The van der Waals surface area contributed by atoms with Crippen molar-refractivity contribution in [2.45, 2.75) is 17.2 Å². The first-order chi connectivity index (χ1) is 6.84. The fraction of sp³-hybridized carbons (Fsp3) is 0.375. The van der Waals surface area contributed by atoms with Crippen LogP contribution in [0.3, 0.4) is 0 Å². The van der Waals surface area contributed by atoms with Crippen LogP contribution in [0.25, 0.3) is 0 Å². The molecular weight excluding hydrogens is 228 g/mol. The third-order valence-electron chi connectivity index (χ3n) is 2.30. The number of hydrogen-bond donors (Lipinski definition) is 1. The summed E-state index contributed by atoms with van der Waals surface area (Å²) in [5, 5.41) is 9.20. The van der Waals surface area contributed by atoms with E-state index >= 15 is 0 Å². The molecule has 82 valence electrons. The fourth-order valence-corrected chi connectivity index (χ4v) is 3.14. The van der Waals surface area contributed by atoms with E-state index in [4.69, 9.17) is 0 Å². The summed E-state index contributed by atoms with van der Waals surface area (Å²) in [6.45, 7) is 0. The summed E-state index contributed by atoms with van der Waals surface area (Å²) in [7, 11) is -3.70. The van der Waals surface area contributed by atoms with Gasteiger partial charge in [0.1, 0.15) is 4.90 Å². The predicted molar refractivity (Wildman–Crippen MR) is 44.4 cm³/mol. The van der Waals surface area contributed by atoms with Gasteiger partial charge in [0.05, 0.1) is 5.75 Å². The Hall–Kier alpha value is -1.24. The second-order valence-electron chi connectivity index (χ2n) is 3.34. The maximum Gasteiger partial charge on any atom is 0.337 e. The molecule has 1 aromatic heterocycles. The maximum atomic E-state index is 13.4. The molecule has 0 unspecified atom stereocenters. The summed E-state index contributed by atoms with van der Waals surface area (Å²) in [4.78, 5) is -0.497. The van der Waals surface area contributed by atoms with Gasteiger partial charge in [-0.1, -0.05) is 0 Å². The van der Waals surface area contributed by atoms with Gasteiger partial charge in [0.15, 0.2) is 9.84 Å². The van der Waals surface area contributed by atoms with Gasteiger partial charge in [0.2, 0.25) is 6.20 Å². The van der Waals surface area contributed by atoms with Crippen LogP contribution in [-0.2, 0) is 15.8 Å². The highest BCUT2D eigenvalue weighted by Gasteiger charge is 2.51. The Balaban J connectivity index is 2.82. The lowest BCUT2D eigenvalue weighted by Crippen LogP contribution is -2.45. The van der Waals surface area contributed by atoms with Crippen LogP contribution in [0.4, 0.5) is 8.78 Å². The normalized spacial score (nSPS) is 22.0. The van der Waals surface area contributed by atoms with E-state index in [1.807, 2.05) is 0 Å². The minimum absolute atomic E-state index is 0.173. The molecule has 1 N–H and O–H groups in total. The van der Waals surface area contributed by atoms with Crippen molar-refractivity contribution in [3.05, 3.63) is 24.0 Å². The van der Waals surface area contributed by atoms with Gasteiger partial charge in [0, 0.05) is 17.2 Å². The van der Waals surface area contributed by atoms with Crippen molar-refractivity contribution in [2.75, 3.05) is 5.75 Å². The monoisotopic (exact) mass is 236 g/mol. The van der Waals surface area contributed by atoms with E-state index in [1.54, 1.807) is 0 Å². The van der Waals surface area contributed by atoms with Crippen LogP contribution in [0, 0.1) is 0 Å². The van der Waals surface area contributed by atoms with Gasteiger partial charge < -0.3 is 0 Å². The first-order valence-electron chi connectivity index (χ1n) is 4.19. The number of hydrogen-bond acceptors (Lipinski definition) is 3. The molecule has 1 aliphatic heterocycles. The van der Waals surface area contributed by atoms with Crippen LogP contribution < -0.4 is 4.73 Å². The van der Waals surface area contributed by atoms with Gasteiger partial charge in [-0.2, -0.15) is 8.78 Å². The average molecular weight is 236 g/mol. The first-order valence-corrected chi connectivity index (χ1v) is 5.85. The molecule has 0 atom stereocenters. The minimum Gasteiger partial charge on any atom is -0.285 e. The second kappa shape index (κ2) is 2.88. The van der Waals surface area contributed by atoms with E-state index < -0.39 is 38.5 Å². The molecule has 0 saturated heterocycles. The Labute approximate surface area is 84.7 Å². The number of sulfone groups is 1. The maximum absolute atomic E-state index is 13.4. The molecule has 7 heteroatoms. The van der Waals surface area contributed by atoms with Crippen LogP contribution in [0.15, 0.2) is 23.2 Å². The standard InChI is InChI=1S/C8H8F2NO3S/c9-8(10)3-5-15(13,14)6-2-1-4-11(12)7(6)8/h1-2,4,12H,3,5H2/q+1. The van der Waals surface area contributed by atoms with E-state index in [0.717, 1.165) is 12.3 Å². The molecule has 0 bridgehead atoms. The Bertz CT molecular complexity index is 513. The van der Waals surface area contributed by atoms with Gasteiger partial charge in [0.25, 0.3) is 0 Å².